The van der Waals surface area contributed by atoms with Crippen LogP contribution in [0.15, 0.2) is 40.6 Å². The Morgan fingerprint density at radius 3 is 2.65 bits per heavy atom. The highest BCUT2D eigenvalue weighted by atomic mass is 32.2. The van der Waals surface area contributed by atoms with Crippen molar-refractivity contribution in [3.05, 3.63) is 46.4 Å². The van der Waals surface area contributed by atoms with Crippen LogP contribution in [0.25, 0.3) is 0 Å². The number of sulfonamides is 1. The van der Waals surface area contributed by atoms with Crippen LogP contribution < -0.4 is 10.5 Å². The number of benzene rings is 1. The van der Waals surface area contributed by atoms with Crippen molar-refractivity contribution in [2.45, 2.75) is 24.3 Å². The van der Waals surface area contributed by atoms with Crippen molar-refractivity contribution in [2.75, 3.05) is 5.32 Å². The van der Waals surface area contributed by atoms with Crippen LogP contribution in [0.5, 0.6) is 0 Å². The number of hydrogen-bond donors (Lipinski definition) is 2. The standard InChI is InChI=1S/C13H15FN2O2S2/c1-2-11(13-4-3-7-19-13)16-12-6-5-9(8-10(12)14)20(15,17)18/h3-8,11,16H,2H2,1H3,(H2,15,17,18). The van der Waals surface area contributed by atoms with E-state index in [1.54, 1.807) is 11.3 Å². The first-order valence-corrected chi connectivity index (χ1v) is 8.46. The molecule has 1 aromatic carbocycles. The van der Waals surface area contributed by atoms with E-state index in [0.29, 0.717) is 0 Å². The molecule has 0 aliphatic carbocycles. The zero-order valence-electron chi connectivity index (χ0n) is 10.8. The molecule has 0 saturated heterocycles. The molecular weight excluding hydrogens is 299 g/mol. The molecule has 0 saturated carbocycles. The maximum atomic E-state index is 13.9. The maximum absolute atomic E-state index is 13.9. The zero-order chi connectivity index (χ0) is 14.8. The van der Waals surface area contributed by atoms with Crippen molar-refractivity contribution in [1.82, 2.24) is 0 Å². The molecule has 7 heteroatoms. The van der Waals surface area contributed by atoms with Gasteiger partial charge in [-0.3, -0.25) is 0 Å². The van der Waals surface area contributed by atoms with Gasteiger partial charge >= 0.3 is 0 Å². The van der Waals surface area contributed by atoms with Gasteiger partial charge < -0.3 is 5.32 Å². The number of halogens is 1. The van der Waals surface area contributed by atoms with Crippen LogP contribution >= 0.6 is 11.3 Å². The predicted octanol–water partition coefficient (Wildman–Crippen LogP) is 3.10. The number of thiophene rings is 1. The highest BCUT2D eigenvalue weighted by Crippen LogP contribution is 2.28. The van der Waals surface area contributed by atoms with Crippen LogP contribution in [0.4, 0.5) is 10.1 Å². The Labute approximate surface area is 121 Å². The summed E-state index contributed by atoms with van der Waals surface area (Å²) in [5.41, 5.74) is 0.262. The Balaban J connectivity index is 2.26. The van der Waals surface area contributed by atoms with Crippen molar-refractivity contribution in [3.8, 4) is 0 Å². The lowest BCUT2D eigenvalue weighted by Gasteiger charge is -2.17. The van der Waals surface area contributed by atoms with Crippen molar-refractivity contribution < 1.29 is 12.8 Å². The quantitative estimate of drug-likeness (QED) is 0.890. The SMILES string of the molecule is CCC(Nc1ccc(S(N)(=O)=O)cc1F)c1cccs1. The summed E-state index contributed by atoms with van der Waals surface area (Å²) in [6.07, 6.45) is 0.789. The molecule has 0 spiro atoms. The van der Waals surface area contributed by atoms with Gasteiger partial charge in [0.15, 0.2) is 0 Å². The molecule has 0 radical (unpaired) electrons. The smallest absolute Gasteiger partial charge is 0.238 e. The molecule has 0 aliphatic heterocycles. The van der Waals surface area contributed by atoms with Gasteiger partial charge in [-0.05, 0) is 36.1 Å². The summed E-state index contributed by atoms with van der Waals surface area (Å²) in [4.78, 5) is 0.868. The van der Waals surface area contributed by atoms with E-state index < -0.39 is 15.8 Å². The van der Waals surface area contributed by atoms with Gasteiger partial charge in [-0.1, -0.05) is 13.0 Å². The topological polar surface area (TPSA) is 72.2 Å². The summed E-state index contributed by atoms with van der Waals surface area (Å²) in [5, 5.41) is 10.0. The normalized spacial score (nSPS) is 13.2. The van der Waals surface area contributed by atoms with Gasteiger partial charge in [0, 0.05) is 4.88 Å². The minimum Gasteiger partial charge on any atom is -0.375 e. The first-order chi connectivity index (χ1) is 9.41. The summed E-state index contributed by atoms with van der Waals surface area (Å²) < 4.78 is 36.2. The minimum atomic E-state index is -3.89. The molecule has 1 unspecified atom stereocenters. The van der Waals surface area contributed by atoms with Gasteiger partial charge in [0.2, 0.25) is 10.0 Å². The van der Waals surface area contributed by atoms with Crippen LogP contribution in [-0.4, -0.2) is 8.42 Å². The van der Waals surface area contributed by atoms with Gasteiger partial charge in [0.1, 0.15) is 5.82 Å². The molecule has 20 heavy (non-hydrogen) atoms. The van der Waals surface area contributed by atoms with E-state index in [9.17, 15) is 12.8 Å². The highest BCUT2D eigenvalue weighted by molar-refractivity contribution is 7.89. The molecule has 2 aromatic rings. The Morgan fingerprint density at radius 2 is 2.15 bits per heavy atom. The molecule has 108 valence electrons. The van der Waals surface area contributed by atoms with E-state index in [1.165, 1.54) is 12.1 Å². The fourth-order valence-electron chi connectivity index (χ4n) is 1.84. The number of rotatable bonds is 5. The number of nitrogens with two attached hydrogens (primary N) is 1. The average molecular weight is 314 g/mol. The molecule has 1 aromatic heterocycles. The number of hydrogen-bond acceptors (Lipinski definition) is 4. The summed E-state index contributed by atoms with van der Waals surface area (Å²) in [6.45, 7) is 1.99. The summed E-state index contributed by atoms with van der Waals surface area (Å²) >= 11 is 1.59. The second-order valence-corrected chi connectivity index (χ2v) is 6.85. The molecule has 1 heterocycles. The molecule has 0 amide bonds. The molecule has 3 N–H and O–H groups in total. The van der Waals surface area contributed by atoms with Crippen LogP contribution in [0.2, 0.25) is 0 Å². The summed E-state index contributed by atoms with van der Waals surface area (Å²) in [7, 11) is -3.89. The van der Waals surface area contributed by atoms with E-state index in [2.05, 4.69) is 5.32 Å². The van der Waals surface area contributed by atoms with E-state index in [-0.39, 0.29) is 16.6 Å². The van der Waals surface area contributed by atoms with Crippen molar-refractivity contribution >= 4 is 27.0 Å². The first kappa shape index (κ1) is 15.0. The van der Waals surface area contributed by atoms with Gasteiger partial charge in [-0.2, -0.15) is 0 Å². The largest absolute Gasteiger partial charge is 0.375 e. The van der Waals surface area contributed by atoms with Gasteiger partial charge in [0.25, 0.3) is 0 Å². The van der Waals surface area contributed by atoms with Crippen molar-refractivity contribution in [3.63, 3.8) is 0 Å². The van der Waals surface area contributed by atoms with E-state index in [1.807, 2.05) is 24.4 Å². The van der Waals surface area contributed by atoms with Crippen LogP contribution in [0, 0.1) is 5.82 Å². The summed E-state index contributed by atoms with van der Waals surface area (Å²) in [6, 6.07) is 7.52. The lowest BCUT2D eigenvalue weighted by molar-refractivity contribution is 0.592. The lowest BCUT2D eigenvalue weighted by Crippen LogP contribution is -2.14. The summed E-state index contributed by atoms with van der Waals surface area (Å²) in [5.74, 6) is -0.633. The minimum absolute atomic E-state index is 0.00941. The Hall–Kier alpha value is -1.44. The second kappa shape index (κ2) is 5.90. The van der Waals surface area contributed by atoms with E-state index in [4.69, 9.17) is 5.14 Å². The van der Waals surface area contributed by atoms with Crippen molar-refractivity contribution in [1.29, 1.82) is 0 Å². The molecule has 2 rings (SSSR count). The molecule has 0 bridgehead atoms. The Morgan fingerprint density at radius 1 is 1.40 bits per heavy atom. The molecular formula is C13H15FN2O2S2. The zero-order valence-corrected chi connectivity index (χ0v) is 12.5. The third kappa shape index (κ3) is 3.36. The van der Waals surface area contributed by atoms with Crippen LogP contribution in [0.3, 0.4) is 0 Å². The monoisotopic (exact) mass is 314 g/mol. The van der Waals surface area contributed by atoms with Crippen LogP contribution in [-0.2, 0) is 10.0 Å². The Bertz CT molecular complexity index is 684. The molecule has 4 nitrogen and oxygen atoms in total. The fourth-order valence-corrected chi connectivity index (χ4v) is 3.23. The number of anilines is 1. The van der Waals surface area contributed by atoms with E-state index in [0.717, 1.165) is 17.4 Å². The third-order valence-corrected chi connectivity index (χ3v) is 4.79. The fraction of sp³-hybridized carbons (Fsp3) is 0.231. The van der Waals surface area contributed by atoms with Gasteiger partial charge in [0.05, 0.1) is 16.6 Å². The number of nitrogens with one attached hydrogen (secondary N) is 1. The average Bonchev–Trinajstić information content (AvgIpc) is 2.90. The van der Waals surface area contributed by atoms with Gasteiger partial charge in [-0.15, -0.1) is 11.3 Å². The molecule has 0 fully saturated rings. The van der Waals surface area contributed by atoms with Crippen LogP contribution in [0.1, 0.15) is 24.3 Å². The van der Waals surface area contributed by atoms with Gasteiger partial charge in [-0.25, -0.2) is 17.9 Å². The molecule has 0 aliphatic rings. The number of primary sulfonamides is 1. The highest BCUT2D eigenvalue weighted by Gasteiger charge is 2.15. The van der Waals surface area contributed by atoms with Crippen molar-refractivity contribution in [2.24, 2.45) is 5.14 Å². The molecule has 1 atom stereocenters. The van der Waals surface area contributed by atoms with E-state index >= 15 is 0 Å². The maximum Gasteiger partial charge on any atom is 0.238 e. The lowest BCUT2D eigenvalue weighted by atomic mass is 10.1. The Kier molecular flexibility index (Phi) is 4.42. The first-order valence-electron chi connectivity index (χ1n) is 6.04. The second-order valence-electron chi connectivity index (χ2n) is 4.31. The predicted molar refractivity (Wildman–Crippen MR) is 78.7 cm³/mol. The third-order valence-electron chi connectivity index (χ3n) is 2.89.